The van der Waals surface area contributed by atoms with Gasteiger partial charge in [0.2, 0.25) is 0 Å². The maximum atomic E-state index is 5.62. The molecule has 3 heteroatoms. The summed E-state index contributed by atoms with van der Waals surface area (Å²) in [6, 6.07) is 6.48. The zero-order valence-electron chi connectivity index (χ0n) is 8.54. The van der Waals surface area contributed by atoms with E-state index < -0.39 is 0 Å². The van der Waals surface area contributed by atoms with Gasteiger partial charge in [0.1, 0.15) is 0 Å². The Kier molecular flexibility index (Phi) is 5.57. The fourth-order valence-electron chi connectivity index (χ4n) is 1.27. The molecule has 0 radical (unpaired) electrons. The third-order valence-electron chi connectivity index (χ3n) is 2.13. The van der Waals surface area contributed by atoms with E-state index in [0.717, 1.165) is 31.0 Å². The van der Waals surface area contributed by atoms with Crippen LogP contribution in [0.15, 0.2) is 24.4 Å². The van der Waals surface area contributed by atoms with Crippen LogP contribution < -0.4 is 5.32 Å². The molecule has 0 aliphatic heterocycles. The van der Waals surface area contributed by atoms with Crippen molar-refractivity contribution in [2.24, 2.45) is 0 Å². The molecule has 0 bridgehead atoms. The van der Waals surface area contributed by atoms with Crippen LogP contribution in [0.25, 0.3) is 0 Å². The molecule has 0 spiro atoms. The van der Waals surface area contributed by atoms with Crippen LogP contribution in [-0.4, -0.2) is 16.9 Å². The molecule has 1 unspecified atom stereocenters. The summed E-state index contributed by atoms with van der Waals surface area (Å²) < 4.78 is 0. The summed E-state index contributed by atoms with van der Waals surface area (Å²) in [4.78, 5) is 4.24. The summed E-state index contributed by atoms with van der Waals surface area (Å²) >= 11 is 5.62. The Balaban J connectivity index is 2.20. The molecule has 1 aromatic heterocycles. The minimum Gasteiger partial charge on any atom is -0.309 e. The molecular formula is C11H17ClN2. The van der Waals surface area contributed by atoms with Crippen molar-refractivity contribution in [1.82, 2.24) is 10.3 Å². The zero-order chi connectivity index (χ0) is 10.2. The fourth-order valence-corrected chi connectivity index (χ4v) is 1.42. The molecule has 0 aliphatic rings. The summed E-state index contributed by atoms with van der Waals surface area (Å²) in [6.07, 6.45) is 4.01. The molecule has 1 aromatic rings. The second-order valence-electron chi connectivity index (χ2n) is 3.43. The lowest BCUT2D eigenvalue weighted by Crippen LogP contribution is -2.25. The number of alkyl halides is 1. The standard InChI is InChI=1S/C11H17ClN2/c1-10(5-4-7-12)14-9-11-6-2-3-8-13-11/h2-3,6,8,10,14H,4-5,7,9H2,1H3. The SMILES string of the molecule is CC(CCCCl)NCc1ccccn1. The largest absolute Gasteiger partial charge is 0.309 e. The number of nitrogens with zero attached hydrogens (tertiary/aromatic N) is 1. The first kappa shape index (κ1) is 11.5. The predicted molar refractivity (Wildman–Crippen MR) is 60.5 cm³/mol. The van der Waals surface area contributed by atoms with Crippen LogP contribution in [-0.2, 0) is 6.54 Å². The summed E-state index contributed by atoms with van der Waals surface area (Å²) in [5.41, 5.74) is 1.09. The summed E-state index contributed by atoms with van der Waals surface area (Å²) in [6.45, 7) is 3.01. The van der Waals surface area contributed by atoms with Crippen LogP contribution in [0.5, 0.6) is 0 Å². The van der Waals surface area contributed by atoms with Crippen LogP contribution in [0.3, 0.4) is 0 Å². The molecule has 0 fully saturated rings. The second-order valence-corrected chi connectivity index (χ2v) is 3.81. The molecule has 14 heavy (non-hydrogen) atoms. The number of hydrogen-bond acceptors (Lipinski definition) is 2. The smallest absolute Gasteiger partial charge is 0.0541 e. The maximum absolute atomic E-state index is 5.62. The molecule has 0 aromatic carbocycles. The molecule has 0 saturated carbocycles. The number of hydrogen-bond donors (Lipinski definition) is 1. The van der Waals surface area contributed by atoms with Crippen molar-refractivity contribution in [2.45, 2.75) is 32.4 Å². The highest BCUT2D eigenvalue weighted by molar-refractivity contribution is 6.17. The van der Waals surface area contributed by atoms with E-state index in [-0.39, 0.29) is 0 Å². The summed E-state index contributed by atoms with van der Waals surface area (Å²) in [7, 11) is 0. The third-order valence-corrected chi connectivity index (χ3v) is 2.40. The lowest BCUT2D eigenvalue weighted by Gasteiger charge is -2.12. The van der Waals surface area contributed by atoms with Gasteiger partial charge in [-0.3, -0.25) is 4.98 Å². The Labute approximate surface area is 90.7 Å². The van der Waals surface area contributed by atoms with Crippen molar-refractivity contribution in [2.75, 3.05) is 5.88 Å². The van der Waals surface area contributed by atoms with E-state index in [9.17, 15) is 0 Å². The minimum absolute atomic E-state index is 0.510. The summed E-state index contributed by atoms with van der Waals surface area (Å²) in [5, 5.41) is 3.41. The Hall–Kier alpha value is -0.600. The van der Waals surface area contributed by atoms with E-state index in [1.165, 1.54) is 0 Å². The number of rotatable bonds is 6. The number of pyridine rings is 1. The number of aromatic nitrogens is 1. The van der Waals surface area contributed by atoms with E-state index >= 15 is 0 Å². The van der Waals surface area contributed by atoms with Gasteiger partial charge >= 0.3 is 0 Å². The van der Waals surface area contributed by atoms with Crippen LogP contribution >= 0.6 is 11.6 Å². The first-order chi connectivity index (χ1) is 6.83. The number of halogens is 1. The van der Waals surface area contributed by atoms with Gasteiger partial charge in [0.05, 0.1) is 5.69 Å². The predicted octanol–water partition coefficient (Wildman–Crippen LogP) is 2.58. The van der Waals surface area contributed by atoms with Crippen LogP contribution in [0.1, 0.15) is 25.5 Å². The Morgan fingerprint density at radius 2 is 2.36 bits per heavy atom. The Morgan fingerprint density at radius 1 is 1.50 bits per heavy atom. The lowest BCUT2D eigenvalue weighted by atomic mass is 10.2. The molecule has 2 nitrogen and oxygen atoms in total. The van der Waals surface area contributed by atoms with E-state index in [0.29, 0.717) is 6.04 Å². The fraction of sp³-hybridized carbons (Fsp3) is 0.545. The Morgan fingerprint density at radius 3 is 3.00 bits per heavy atom. The molecule has 1 heterocycles. The zero-order valence-corrected chi connectivity index (χ0v) is 9.30. The van der Waals surface area contributed by atoms with Crippen molar-refractivity contribution in [3.63, 3.8) is 0 Å². The monoisotopic (exact) mass is 212 g/mol. The normalized spacial score (nSPS) is 12.7. The molecule has 0 aliphatic carbocycles. The van der Waals surface area contributed by atoms with Gasteiger partial charge < -0.3 is 5.32 Å². The average molecular weight is 213 g/mol. The topological polar surface area (TPSA) is 24.9 Å². The van der Waals surface area contributed by atoms with E-state index in [1.807, 2.05) is 24.4 Å². The first-order valence-corrected chi connectivity index (χ1v) is 5.55. The van der Waals surface area contributed by atoms with Crippen molar-refractivity contribution in [1.29, 1.82) is 0 Å². The van der Waals surface area contributed by atoms with Crippen LogP contribution in [0.4, 0.5) is 0 Å². The van der Waals surface area contributed by atoms with Gasteiger partial charge in [-0.1, -0.05) is 6.07 Å². The molecule has 1 rings (SSSR count). The van der Waals surface area contributed by atoms with Crippen molar-refractivity contribution >= 4 is 11.6 Å². The van der Waals surface area contributed by atoms with Gasteiger partial charge in [0, 0.05) is 24.7 Å². The van der Waals surface area contributed by atoms with Gasteiger partial charge in [-0.05, 0) is 31.9 Å². The van der Waals surface area contributed by atoms with Crippen molar-refractivity contribution < 1.29 is 0 Å². The van der Waals surface area contributed by atoms with Crippen LogP contribution in [0.2, 0.25) is 0 Å². The van der Waals surface area contributed by atoms with Crippen molar-refractivity contribution in [3.05, 3.63) is 30.1 Å². The average Bonchev–Trinajstić information content (AvgIpc) is 2.25. The Bertz CT molecular complexity index is 238. The first-order valence-electron chi connectivity index (χ1n) is 5.02. The van der Waals surface area contributed by atoms with Crippen LogP contribution in [0, 0.1) is 0 Å². The van der Waals surface area contributed by atoms with Gasteiger partial charge in [-0.2, -0.15) is 0 Å². The molecular weight excluding hydrogens is 196 g/mol. The second kappa shape index (κ2) is 6.80. The van der Waals surface area contributed by atoms with E-state index in [1.54, 1.807) is 0 Å². The molecule has 1 N–H and O–H groups in total. The van der Waals surface area contributed by atoms with Gasteiger partial charge in [-0.15, -0.1) is 11.6 Å². The van der Waals surface area contributed by atoms with Crippen molar-refractivity contribution in [3.8, 4) is 0 Å². The summed E-state index contributed by atoms with van der Waals surface area (Å²) in [5.74, 6) is 0.746. The molecule has 0 amide bonds. The third kappa shape index (κ3) is 4.58. The minimum atomic E-state index is 0.510. The van der Waals surface area contributed by atoms with Gasteiger partial charge in [0.15, 0.2) is 0 Å². The molecule has 78 valence electrons. The molecule has 0 saturated heterocycles. The quantitative estimate of drug-likeness (QED) is 0.734. The number of nitrogens with one attached hydrogen (secondary N) is 1. The van der Waals surface area contributed by atoms with E-state index in [2.05, 4.69) is 17.2 Å². The van der Waals surface area contributed by atoms with Gasteiger partial charge in [-0.25, -0.2) is 0 Å². The highest BCUT2D eigenvalue weighted by Crippen LogP contribution is 2.00. The lowest BCUT2D eigenvalue weighted by molar-refractivity contribution is 0.505. The van der Waals surface area contributed by atoms with E-state index in [4.69, 9.17) is 11.6 Å². The maximum Gasteiger partial charge on any atom is 0.0541 e. The highest BCUT2D eigenvalue weighted by Gasteiger charge is 2.00. The molecule has 1 atom stereocenters. The highest BCUT2D eigenvalue weighted by atomic mass is 35.5. The van der Waals surface area contributed by atoms with Gasteiger partial charge in [0.25, 0.3) is 0 Å².